The lowest BCUT2D eigenvalue weighted by Gasteiger charge is -2.43. The van der Waals surface area contributed by atoms with E-state index < -0.39 is 60.4 Å². The number of carbonyl (C=O) groups is 4. The molecule has 0 N–H and O–H groups in total. The minimum absolute atomic E-state index is 0.692. The molecule has 100 valence electrons. The number of carboxylic acid groups (broad SMARTS) is 4. The first kappa shape index (κ1) is 13.9. The van der Waals surface area contributed by atoms with Crippen molar-refractivity contribution in [1.82, 2.24) is 0 Å². The lowest BCUT2D eigenvalue weighted by molar-refractivity contribution is -0.340. The summed E-state index contributed by atoms with van der Waals surface area (Å²) in [5.41, 5.74) is 0. The third-order valence-corrected chi connectivity index (χ3v) is 3.20. The van der Waals surface area contributed by atoms with Crippen molar-refractivity contribution in [2.75, 3.05) is 0 Å². The van der Waals surface area contributed by atoms with E-state index in [0.29, 0.717) is 0 Å². The minimum atomic E-state index is -1.76. The molecule has 1 fully saturated rings. The van der Waals surface area contributed by atoms with E-state index in [-0.39, 0.29) is 0 Å². The standard InChI is InChI=1S/C10H12O8/c11-7(12)3-1-4(8(13)14)6(10(17)18)2-5(3)9(15)16/h3-6H,1-2H2,(H,11,12)(H,13,14)(H,15,16)(H,17,18)/p-4/t3-,4-,5-,6+/m1/s1. The zero-order valence-corrected chi connectivity index (χ0v) is 8.99. The van der Waals surface area contributed by atoms with Gasteiger partial charge in [-0.25, -0.2) is 0 Å². The van der Waals surface area contributed by atoms with Crippen LogP contribution in [0.5, 0.6) is 0 Å². The van der Waals surface area contributed by atoms with Gasteiger partial charge in [0.25, 0.3) is 0 Å². The average molecular weight is 256 g/mol. The Labute approximate surface area is 101 Å². The summed E-state index contributed by atoms with van der Waals surface area (Å²) < 4.78 is 0. The number of rotatable bonds is 4. The normalized spacial score (nSPS) is 31.6. The van der Waals surface area contributed by atoms with Crippen LogP contribution in [0.25, 0.3) is 0 Å². The van der Waals surface area contributed by atoms with Gasteiger partial charge in [0.05, 0.1) is 0 Å². The molecule has 1 rings (SSSR count). The summed E-state index contributed by atoms with van der Waals surface area (Å²) in [5, 5.41) is 42.9. The molecule has 1 saturated carbocycles. The Morgan fingerprint density at radius 3 is 0.833 bits per heavy atom. The molecule has 0 aromatic heterocycles. The van der Waals surface area contributed by atoms with Gasteiger partial charge in [-0.05, 0) is 12.8 Å². The first-order chi connectivity index (χ1) is 8.25. The molecule has 0 amide bonds. The topological polar surface area (TPSA) is 161 Å². The first-order valence-electron chi connectivity index (χ1n) is 5.09. The summed E-state index contributed by atoms with van der Waals surface area (Å²) in [7, 11) is 0. The van der Waals surface area contributed by atoms with Crippen molar-refractivity contribution in [3.8, 4) is 0 Å². The van der Waals surface area contributed by atoms with Crippen molar-refractivity contribution >= 4 is 23.9 Å². The van der Waals surface area contributed by atoms with Crippen LogP contribution in [0, 0.1) is 23.7 Å². The van der Waals surface area contributed by atoms with Gasteiger partial charge in [0.1, 0.15) is 0 Å². The zero-order valence-electron chi connectivity index (χ0n) is 8.99. The third-order valence-electron chi connectivity index (χ3n) is 3.20. The maximum Gasteiger partial charge on any atom is 0.0452 e. The first-order valence-corrected chi connectivity index (χ1v) is 5.09. The summed E-state index contributed by atoms with van der Waals surface area (Å²) in [5.74, 6) is -13.5. The smallest absolute Gasteiger partial charge is 0.0452 e. The van der Waals surface area contributed by atoms with E-state index in [0.717, 1.165) is 0 Å². The van der Waals surface area contributed by atoms with Crippen molar-refractivity contribution < 1.29 is 39.6 Å². The van der Waals surface area contributed by atoms with Crippen LogP contribution < -0.4 is 20.4 Å². The van der Waals surface area contributed by atoms with Gasteiger partial charge in [-0.2, -0.15) is 0 Å². The number of carboxylic acids is 4. The number of hydrogen-bond donors (Lipinski definition) is 0. The summed E-state index contributed by atoms with van der Waals surface area (Å²) in [6.45, 7) is 0. The van der Waals surface area contributed by atoms with Crippen LogP contribution in [0.3, 0.4) is 0 Å². The fourth-order valence-electron chi connectivity index (χ4n) is 2.25. The van der Waals surface area contributed by atoms with Crippen molar-refractivity contribution in [2.24, 2.45) is 23.7 Å². The predicted octanol–water partition coefficient (Wildman–Crippen LogP) is -5.76. The fraction of sp³-hybridized carbons (Fsp3) is 0.600. The van der Waals surface area contributed by atoms with Crippen LogP contribution in [0.2, 0.25) is 0 Å². The van der Waals surface area contributed by atoms with Gasteiger partial charge in [0.2, 0.25) is 0 Å². The van der Waals surface area contributed by atoms with E-state index in [1.165, 1.54) is 0 Å². The quantitative estimate of drug-likeness (QED) is 0.480. The molecule has 0 heterocycles. The Morgan fingerprint density at radius 2 is 0.722 bits per heavy atom. The highest BCUT2D eigenvalue weighted by atomic mass is 16.4. The molecule has 18 heavy (non-hydrogen) atoms. The number of carbonyl (C=O) groups excluding carboxylic acids is 4. The Hall–Kier alpha value is -2.12. The Morgan fingerprint density at radius 1 is 0.556 bits per heavy atom. The van der Waals surface area contributed by atoms with Crippen LogP contribution in [-0.4, -0.2) is 23.9 Å². The van der Waals surface area contributed by atoms with Crippen LogP contribution in [0.4, 0.5) is 0 Å². The lowest BCUT2D eigenvalue weighted by atomic mass is 9.68. The monoisotopic (exact) mass is 256 g/mol. The second kappa shape index (κ2) is 5.03. The van der Waals surface area contributed by atoms with Crippen LogP contribution >= 0.6 is 0 Å². The number of aliphatic carboxylic acids is 4. The molecular weight excluding hydrogens is 248 g/mol. The summed E-state index contributed by atoms with van der Waals surface area (Å²) in [6.07, 6.45) is -1.38. The van der Waals surface area contributed by atoms with E-state index in [1.54, 1.807) is 0 Å². The van der Waals surface area contributed by atoms with Crippen molar-refractivity contribution in [1.29, 1.82) is 0 Å². The Kier molecular flexibility index (Phi) is 3.89. The van der Waals surface area contributed by atoms with Crippen LogP contribution in [0.15, 0.2) is 0 Å². The van der Waals surface area contributed by atoms with Gasteiger partial charge in [0, 0.05) is 47.5 Å². The summed E-state index contributed by atoms with van der Waals surface area (Å²) in [4.78, 5) is 42.9. The van der Waals surface area contributed by atoms with Crippen LogP contribution in [0.1, 0.15) is 12.8 Å². The highest BCUT2D eigenvalue weighted by Crippen LogP contribution is 2.37. The highest BCUT2D eigenvalue weighted by Gasteiger charge is 2.39. The Bertz CT molecular complexity index is 327. The van der Waals surface area contributed by atoms with Crippen LogP contribution in [-0.2, 0) is 19.2 Å². The van der Waals surface area contributed by atoms with Gasteiger partial charge < -0.3 is 39.6 Å². The van der Waals surface area contributed by atoms with Crippen molar-refractivity contribution in [3.05, 3.63) is 0 Å². The maximum atomic E-state index is 10.7. The third kappa shape index (κ3) is 2.58. The van der Waals surface area contributed by atoms with E-state index in [9.17, 15) is 39.6 Å². The second-order valence-electron chi connectivity index (χ2n) is 4.17. The van der Waals surface area contributed by atoms with E-state index in [2.05, 4.69) is 0 Å². The zero-order chi connectivity index (χ0) is 14.0. The van der Waals surface area contributed by atoms with Gasteiger partial charge in [-0.15, -0.1) is 0 Å². The molecule has 8 heteroatoms. The van der Waals surface area contributed by atoms with E-state index in [4.69, 9.17) is 0 Å². The molecule has 0 saturated heterocycles. The predicted molar refractivity (Wildman–Crippen MR) is 43.2 cm³/mol. The van der Waals surface area contributed by atoms with Gasteiger partial charge in [-0.3, -0.25) is 0 Å². The van der Waals surface area contributed by atoms with E-state index in [1.807, 2.05) is 0 Å². The molecule has 0 aromatic carbocycles. The van der Waals surface area contributed by atoms with Crippen molar-refractivity contribution in [3.63, 3.8) is 0 Å². The molecular formula is C10H8O8-4. The molecule has 0 bridgehead atoms. The molecule has 0 radical (unpaired) electrons. The molecule has 1 aliphatic carbocycles. The summed E-state index contributed by atoms with van der Waals surface area (Å²) in [6, 6.07) is 0. The second-order valence-corrected chi connectivity index (χ2v) is 4.17. The number of hydrogen-bond acceptors (Lipinski definition) is 8. The highest BCUT2D eigenvalue weighted by molar-refractivity contribution is 5.83. The van der Waals surface area contributed by atoms with Crippen molar-refractivity contribution in [2.45, 2.75) is 12.8 Å². The van der Waals surface area contributed by atoms with Gasteiger partial charge >= 0.3 is 0 Å². The minimum Gasteiger partial charge on any atom is -0.550 e. The molecule has 4 atom stereocenters. The molecule has 1 aliphatic rings. The van der Waals surface area contributed by atoms with E-state index >= 15 is 0 Å². The molecule has 0 unspecified atom stereocenters. The SMILES string of the molecule is O=C([O-])[C@H]1C[C@@H](C(=O)[O-])[C@H](C(=O)[O-])C[C@H]1C(=O)[O-]. The van der Waals surface area contributed by atoms with Gasteiger partial charge in [-0.1, -0.05) is 0 Å². The molecule has 0 aromatic rings. The molecule has 8 nitrogen and oxygen atoms in total. The summed E-state index contributed by atoms with van der Waals surface area (Å²) >= 11 is 0. The van der Waals surface area contributed by atoms with Gasteiger partial charge in [0.15, 0.2) is 0 Å². The maximum absolute atomic E-state index is 10.7. The largest absolute Gasteiger partial charge is 0.550 e. The fourth-order valence-corrected chi connectivity index (χ4v) is 2.25. The molecule has 0 spiro atoms. The Balaban J connectivity index is 3.06. The molecule has 0 aliphatic heterocycles. The lowest BCUT2D eigenvalue weighted by Crippen LogP contribution is -2.55. The average Bonchev–Trinajstić information content (AvgIpc) is 2.26.